The summed E-state index contributed by atoms with van der Waals surface area (Å²) in [5.74, 6) is 1.30. The van der Waals surface area contributed by atoms with E-state index in [-0.39, 0.29) is 11.5 Å². The van der Waals surface area contributed by atoms with Gasteiger partial charge in [0, 0.05) is 14.6 Å². The maximum absolute atomic E-state index is 13.1. The number of benzene rings is 2. The number of aryl methyl sites for hydroxylation is 1. The largest absolute Gasteiger partial charge is 0.508 e. The second-order valence-electron chi connectivity index (χ2n) is 5.76. The number of carbonyl (C=O) groups excluding carboxylic acids is 1. The Labute approximate surface area is 166 Å². The lowest BCUT2D eigenvalue weighted by Crippen LogP contribution is -2.00. The van der Waals surface area contributed by atoms with E-state index < -0.39 is 0 Å². The number of ether oxygens (including phenoxy) is 1. The predicted molar refractivity (Wildman–Crippen MR) is 110 cm³/mol. The minimum atomic E-state index is -0.0506. The molecule has 4 aromatic rings. The lowest BCUT2D eigenvalue weighted by Gasteiger charge is -2.07. The molecule has 0 amide bonds. The zero-order chi connectivity index (χ0) is 18.3. The first-order chi connectivity index (χ1) is 12.5. The Morgan fingerprint density at radius 1 is 1.08 bits per heavy atom. The van der Waals surface area contributed by atoms with Gasteiger partial charge in [0.2, 0.25) is 5.78 Å². The van der Waals surface area contributed by atoms with E-state index in [1.165, 1.54) is 22.7 Å². The fourth-order valence-electron chi connectivity index (χ4n) is 2.64. The molecule has 0 fully saturated rings. The van der Waals surface area contributed by atoms with Crippen LogP contribution in [-0.4, -0.2) is 10.9 Å². The number of thiophene rings is 2. The van der Waals surface area contributed by atoms with Gasteiger partial charge in [-0.15, -0.1) is 22.7 Å². The van der Waals surface area contributed by atoms with Crippen LogP contribution < -0.4 is 4.74 Å². The van der Waals surface area contributed by atoms with Gasteiger partial charge in [0.15, 0.2) is 5.75 Å². The summed E-state index contributed by atoms with van der Waals surface area (Å²) in [6.07, 6.45) is 0. The van der Waals surface area contributed by atoms with E-state index in [0.29, 0.717) is 21.3 Å². The van der Waals surface area contributed by atoms with Gasteiger partial charge < -0.3 is 9.84 Å². The summed E-state index contributed by atoms with van der Waals surface area (Å²) in [4.78, 5) is 14.4. The zero-order valence-corrected chi connectivity index (χ0v) is 16.9. The Hall–Kier alpha value is -2.15. The first-order valence-corrected chi connectivity index (χ1v) is 10.3. The molecule has 1 N–H and O–H groups in total. The van der Waals surface area contributed by atoms with E-state index in [1.54, 1.807) is 18.2 Å². The molecule has 0 aliphatic rings. The van der Waals surface area contributed by atoms with Gasteiger partial charge in [-0.1, -0.05) is 15.9 Å². The van der Waals surface area contributed by atoms with Gasteiger partial charge in [-0.2, -0.15) is 0 Å². The SMILES string of the molecule is Cc1ccsc1C(=O)c1sc2cc(O)ccc2c1Oc1ccc(Br)cc1. The van der Waals surface area contributed by atoms with Gasteiger partial charge in [-0.05, 0) is 66.4 Å². The Morgan fingerprint density at radius 2 is 1.85 bits per heavy atom. The second kappa shape index (κ2) is 6.87. The van der Waals surface area contributed by atoms with Gasteiger partial charge in [-0.25, -0.2) is 0 Å². The molecule has 0 aliphatic heterocycles. The fraction of sp³-hybridized carbons (Fsp3) is 0.0500. The van der Waals surface area contributed by atoms with Crippen LogP contribution >= 0.6 is 38.6 Å². The minimum Gasteiger partial charge on any atom is -0.508 e. The highest BCUT2D eigenvalue weighted by atomic mass is 79.9. The molecule has 0 spiro atoms. The quantitative estimate of drug-likeness (QED) is 0.353. The maximum Gasteiger partial charge on any atom is 0.216 e. The van der Waals surface area contributed by atoms with Crippen LogP contribution in [0.25, 0.3) is 10.1 Å². The van der Waals surface area contributed by atoms with Crippen molar-refractivity contribution >= 4 is 54.5 Å². The monoisotopic (exact) mass is 444 g/mol. The van der Waals surface area contributed by atoms with Crippen molar-refractivity contribution in [3.63, 3.8) is 0 Å². The van der Waals surface area contributed by atoms with E-state index in [4.69, 9.17) is 4.74 Å². The Morgan fingerprint density at radius 3 is 2.54 bits per heavy atom. The molecule has 6 heteroatoms. The van der Waals surface area contributed by atoms with E-state index in [1.807, 2.05) is 42.6 Å². The van der Waals surface area contributed by atoms with Gasteiger partial charge in [0.1, 0.15) is 16.4 Å². The summed E-state index contributed by atoms with van der Waals surface area (Å²) < 4.78 is 7.88. The summed E-state index contributed by atoms with van der Waals surface area (Å²) >= 11 is 6.18. The van der Waals surface area contributed by atoms with Crippen LogP contribution in [0.4, 0.5) is 0 Å². The molecule has 0 aliphatic carbocycles. The normalized spacial score (nSPS) is 11.0. The van der Waals surface area contributed by atoms with Crippen molar-refractivity contribution in [1.29, 1.82) is 0 Å². The first-order valence-electron chi connectivity index (χ1n) is 7.80. The third-order valence-corrected chi connectivity index (χ3v) is 6.61. The number of carbonyl (C=O) groups is 1. The number of aromatic hydroxyl groups is 1. The van der Waals surface area contributed by atoms with Gasteiger partial charge in [0.25, 0.3) is 0 Å². The summed E-state index contributed by atoms with van der Waals surface area (Å²) in [7, 11) is 0. The van der Waals surface area contributed by atoms with Crippen molar-refractivity contribution < 1.29 is 14.6 Å². The summed E-state index contributed by atoms with van der Waals surface area (Å²) in [5.41, 5.74) is 0.954. The van der Waals surface area contributed by atoms with Crippen LogP contribution in [0.2, 0.25) is 0 Å². The topological polar surface area (TPSA) is 46.5 Å². The molecule has 0 saturated carbocycles. The molecule has 26 heavy (non-hydrogen) atoms. The Bertz CT molecular complexity index is 1110. The highest BCUT2D eigenvalue weighted by Gasteiger charge is 2.24. The number of fused-ring (bicyclic) bond motifs is 1. The van der Waals surface area contributed by atoms with E-state index in [0.717, 1.165) is 20.1 Å². The van der Waals surface area contributed by atoms with Gasteiger partial charge >= 0.3 is 0 Å². The molecule has 0 bridgehead atoms. The highest BCUT2D eigenvalue weighted by molar-refractivity contribution is 9.10. The van der Waals surface area contributed by atoms with Crippen molar-refractivity contribution in [3.05, 3.63) is 73.7 Å². The average Bonchev–Trinajstić information content (AvgIpc) is 3.20. The minimum absolute atomic E-state index is 0.0506. The van der Waals surface area contributed by atoms with Crippen LogP contribution in [-0.2, 0) is 0 Å². The number of ketones is 1. The molecular formula is C20H13BrO3S2. The van der Waals surface area contributed by atoms with Crippen molar-refractivity contribution in [1.82, 2.24) is 0 Å². The number of phenols is 1. The maximum atomic E-state index is 13.1. The van der Waals surface area contributed by atoms with E-state index in [2.05, 4.69) is 15.9 Å². The Balaban J connectivity index is 1.87. The van der Waals surface area contributed by atoms with Crippen molar-refractivity contribution in [2.24, 2.45) is 0 Å². The lowest BCUT2D eigenvalue weighted by atomic mass is 10.1. The number of rotatable bonds is 4. The van der Waals surface area contributed by atoms with Crippen molar-refractivity contribution in [2.75, 3.05) is 0 Å². The van der Waals surface area contributed by atoms with E-state index >= 15 is 0 Å². The molecule has 0 radical (unpaired) electrons. The van der Waals surface area contributed by atoms with Crippen molar-refractivity contribution in [2.45, 2.75) is 6.92 Å². The third-order valence-electron chi connectivity index (χ3n) is 3.94. The number of hydrogen-bond donors (Lipinski definition) is 1. The van der Waals surface area contributed by atoms with Crippen molar-refractivity contribution in [3.8, 4) is 17.2 Å². The molecule has 0 unspecified atom stereocenters. The molecule has 2 aromatic carbocycles. The van der Waals surface area contributed by atoms with Gasteiger partial charge in [-0.3, -0.25) is 4.79 Å². The molecular weight excluding hydrogens is 432 g/mol. The lowest BCUT2D eigenvalue weighted by molar-refractivity contribution is 0.104. The molecule has 130 valence electrons. The molecule has 0 atom stereocenters. The van der Waals surface area contributed by atoms with Crippen LogP contribution in [0.15, 0.2) is 58.4 Å². The molecule has 2 aromatic heterocycles. The number of phenolic OH excluding ortho intramolecular Hbond substituents is 1. The van der Waals surface area contributed by atoms with Crippen LogP contribution in [0.5, 0.6) is 17.2 Å². The van der Waals surface area contributed by atoms with E-state index in [9.17, 15) is 9.90 Å². The zero-order valence-electron chi connectivity index (χ0n) is 13.7. The predicted octanol–water partition coefficient (Wildman–Crippen LogP) is 6.76. The summed E-state index contributed by atoms with van der Waals surface area (Å²) in [6.45, 7) is 1.93. The van der Waals surface area contributed by atoms with Crippen LogP contribution in [0, 0.1) is 6.92 Å². The molecule has 0 saturated heterocycles. The van der Waals surface area contributed by atoms with Crippen LogP contribution in [0.1, 0.15) is 20.1 Å². The summed E-state index contributed by atoms with van der Waals surface area (Å²) in [6, 6.07) is 14.5. The smallest absolute Gasteiger partial charge is 0.216 e. The summed E-state index contributed by atoms with van der Waals surface area (Å²) in [5, 5.41) is 12.5. The Kier molecular flexibility index (Phi) is 4.56. The fourth-order valence-corrected chi connectivity index (χ4v) is 4.95. The highest BCUT2D eigenvalue weighted by Crippen LogP contribution is 2.43. The molecule has 3 nitrogen and oxygen atoms in total. The van der Waals surface area contributed by atoms with Gasteiger partial charge in [0.05, 0.1) is 4.88 Å². The first kappa shape index (κ1) is 17.3. The third kappa shape index (κ3) is 3.16. The average molecular weight is 445 g/mol. The van der Waals surface area contributed by atoms with Crippen LogP contribution in [0.3, 0.4) is 0 Å². The number of hydrogen-bond acceptors (Lipinski definition) is 5. The molecule has 4 rings (SSSR count). The molecule has 2 heterocycles. The number of halogens is 1. The second-order valence-corrected chi connectivity index (χ2v) is 8.64. The standard InChI is InChI=1S/C20H13BrO3S2/c1-11-8-9-25-19(11)17(23)20-18(24-14-5-2-12(21)3-6-14)15-7-4-13(22)10-16(15)26-20/h2-10,22H,1H3.